The van der Waals surface area contributed by atoms with Gasteiger partial charge < -0.3 is 5.11 Å². The van der Waals surface area contributed by atoms with E-state index in [0.29, 0.717) is 12.4 Å². The van der Waals surface area contributed by atoms with Crippen molar-refractivity contribution in [3.63, 3.8) is 0 Å². The first-order chi connectivity index (χ1) is 10.2. The highest BCUT2D eigenvalue weighted by atomic mass is 16.4. The van der Waals surface area contributed by atoms with E-state index in [1.165, 1.54) is 0 Å². The molecule has 2 heterocycles. The number of carboxylic acids is 1. The monoisotopic (exact) mass is 281 g/mol. The molecule has 3 rings (SSSR count). The van der Waals surface area contributed by atoms with Gasteiger partial charge in [0.15, 0.2) is 5.82 Å². The average molecular weight is 281 g/mol. The van der Waals surface area contributed by atoms with Crippen LogP contribution >= 0.6 is 0 Å². The van der Waals surface area contributed by atoms with Crippen molar-refractivity contribution in [2.45, 2.75) is 6.54 Å². The van der Waals surface area contributed by atoms with Crippen LogP contribution in [0.25, 0.3) is 11.4 Å². The SMILES string of the molecule is O=C(O)c1ccc(Cn2nnnc2-c2ccncc2)cc1. The molecule has 0 bridgehead atoms. The summed E-state index contributed by atoms with van der Waals surface area (Å²) in [4.78, 5) is 14.8. The predicted octanol–water partition coefficient (Wildman–Crippen LogP) is 1.48. The van der Waals surface area contributed by atoms with Crippen molar-refractivity contribution in [1.82, 2.24) is 25.2 Å². The van der Waals surface area contributed by atoms with E-state index < -0.39 is 5.97 Å². The van der Waals surface area contributed by atoms with Gasteiger partial charge in [0.1, 0.15) is 0 Å². The quantitative estimate of drug-likeness (QED) is 0.778. The molecule has 0 fully saturated rings. The number of aromatic nitrogens is 5. The lowest BCUT2D eigenvalue weighted by atomic mass is 10.1. The van der Waals surface area contributed by atoms with Crippen molar-refractivity contribution in [3.05, 3.63) is 59.9 Å². The summed E-state index contributed by atoms with van der Waals surface area (Å²) in [5.74, 6) is -0.304. The highest BCUT2D eigenvalue weighted by Crippen LogP contribution is 2.15. The Morgan fingerprint density at radius 3 is 2.48 bits per heavy atom. The smallest absolute Gasteiger partial charge is 0.335 e. The van der Waals surface area contributed by atoms with Gasteiger partial charge in [-0.25, -0.2) is 9.48 Å². The molecule has 7 heteroatoms. The van der Waals surface area contributed by atoms with Gasteiger partial charge in [-0.1, -0.05) is 12.1 Å². The van der Waals surface area contributed by atoms with E-state index in [0.717, 1.165) is 11.1 Å². The second-order valence-corrected chi connectivity index (χ2v) is 4.40. The fourth-order valence-electron chi connectivity index (χ4n) is 1.94. The Morgan fingerprint density at radius 2 is 1.81 bits per heavy atom. The van der Waals surface area contributed by atoms with E-state index in [9.17, 15) is 4.79 Å². The number of carbonyl (C=O) groups is 1. The van der Waals surface area contributed by atoms with Crippen molar-refractivity contribution in [3.8, 4) is 11.4 Å². The normalized spacial score (nSPS) is 10.5. The third kappa shape index (κ3) is 2.76. The third-order valence-electron chi connectivity index (χ3n) is 3.00. The molecule has 0 amide bonds. The standard InChI is InChI=1S/C14H11N5O2/c20-14(21)12-3-1-10(2-4-12)9-19-13(16-17-18-19)11-5-7-15-8-6-11/h1-8H,9H2,(H,20,21). The van der Waals surface area contributed by atoms with Crippen LogP contribution in [0.5, 0.6) is 0 Å². The van der Waals surface area contributed by atoms with Crippen molar-refractivity contribution >= 4 is 5.97 Å². The molecule has 0 radical (unpaired) electrons. The molecule has 7 nitrogen and oxygen atoms in total. The van der Waals surface area contributed by atoms with Crippen LogP contribution in [0, 0.1) is 0 Å². The summed E-state index contributed by atoms with van der Waals surface area (Å²) in [5, 5.41) is 20.5. The van der Waals surface area contributed by atoms with Gasteiger partial charge in [-0.2, -0.15) is 0 Å². The number of hydrogen-bond donors (Lipinski definition) is 1. The van der Waals surface area contributed by atoms with Gasteiger partial charge in [0.2, 0.25) is 0 Å². The van der Waals surface area contributed by atoms with E-state index in [-0.39, 0.29) is 5.56 Å². The van der Waals surface area contributed by atoms with Gasteiger partial charge >= 0.3 is 5.97 Å². The van der Waals surface area contributed by atoms with E-state index in [1.807, 2.05) is 12.1 Å². The molecule has 104 valence electrons. The first kappa shape index (κ1) is 12.9. The van der Waals surface area contributed by atoms with Gasteiger partial charge in [-0.15, -0.1) is 5.10 Å². The topological polar surface area (TPSA) is 93.8 Å². The van der Waals surface area contributed by atoms with Gasteiger partial charge in [0.25, 0.3) is 0 Å². The third-order valence-corrected chi connectivity index (χ3v) is 3.00. The first-order valence-corrected chi connectivity index (χ1v) is 6.23. The van der Waals surface area contributed by atoms with Crippen LogP contribution in [0.3, 0.4) is 0 Å². The summed E-state index contributed by atoms with van der Waals surface area (Å²) in [6, 6.07) is 10.3. The minimum atomic E-state index is -0.943. The molecular formula is C14H11N5O2. The Balaban J connectivity index is 1.86. The average Bonchev–Trinajstić information content (AvgIpc) is 2.97. The van der Waals surface area contributed by atoms with Gasteiger partial charge in [0, 0.05) is 18.0 Å². The fraction of sp³-hybridized carbons (Fsp3) is 0.0714. The molecule has 0 aliphatic carbocycles. The van der Waals surface area contributed by atoms with Gasteiger partial charge in [0.05, 0.1) is 12.1 Å². The number of rotatable bonds is 4. The molecular weight excluding hydrogens is 270 g/mol. The Morgan fingerprint density at radius 1 is 1.10 bits per heavy atom. The van der Waals surface area contributed by atoms with Crippen LogP contribution in [0.15, 0.2) is 48.8 Å². The lowest BCUT2D eigenvalue weighted by Gasteiger charge is -2.05. The summed E-state index contributed by atoms with van der Waals surface area (Å²) in [7, 11) is 0. The number of carboxylic acid groups (broad SMARTS) is 1. The van der Waals surface area contributed by atoms with E-state index >= 15 is 0 Å². The van der Waals surface area contributed by atoms with Crippen LogP contribution in [-0.2, 0) is 6.54 Å². The summed E-state index contributed by atoms with van der Waals surface area (Å²) < 4.78 is 1.66. The van der Waals surface area contributed by atoms with E-state index in [2.05, 4.69) is 20.5 Å². The van der Waals surface area contributed by atoms with Gasteiger partial charge in [-0.05, 0) is 40.3 Å². The zero-order valence-electron chi connectivity index (χ0n) is 10.9. The summed E-state index contributed by atoms with van der Waals surface area (Å²) in [6.07, 6.45) is 3.35. The molecule has 0 spiro atoms. The maximum Gasteiger partial charge on any atom is 0.335 e. The van der Waals surface area contributed by atoms with Crippen molar-refractivity contribution < 1.29 is 9.90 Å². The Bertz CT molecular complexity index is 753. The second kappa shape index (κ2) is 5.49. The molecule has 1 aromatic carbocycles. The lowest BCUT2D eigenvalue weighted by Crippen LogP contribution is -2.05. The minimum Gasteiger partial charge on any atom is -0.478 e. The van der Waals surface area contributed by atoms with Crippen LogP contribution in [0.4, 0.5) is 0 Å². The zero-order valence-corrected chi connectivity index (χ0v) is 10.9. The predicted molar refractivity (Wildman–Crippen MR) is 73.6 cm³/mol. The van der Waals surface area contributed by atoms with E-state index in [1.54, 1.807) is 41.3 Å². The van der Waals surface area contributed by atoms with Crippen LogP contribution < -0.4 is 0 Å². The molecule has 0 aliphatic rings. The van der Waals surface area contributed by atoms with Crippen LogP contribution in [0.2, 0.25) is 0 Å². The second-order valence-electron chi connectivity index (χ2n) is 4.40. The van der Waals surface area contributed by atoms with E-state index in [4.69, 9.17) is 5.11 Å². The first-order valence-electron chi connectivity index (χ1n) is 6.23. The maximum absolute atomic E-state index is 10.8. The van der Waals surface area contributed by atoms with Crippen molar-refractivity contribution in [2.24, 2.45) is 0 Å². The number of nitrogens with zero attached hydrogens (tertiary/aromatic N) is 5. The molecule has 3 aromatic rings. The largest absolute Gasteiger partial charge is 0.478 e. The Kier molecular flexibility index (Phi) is 3.38. The molecule has 0 unspecified atom stereocenters. The minimum absolute atomic E-state index is 0.254. The Labute approximate surface area is 119 Å². The number of tetrazole rings is 1. The summed E-state index contributed by atoms with van der Waals surface area (Å²) >= 11 is 0. The summed E-state index contributed by atoms with van der Waals surface area (Å²) in [5.41, 5.74) is 2.05. The highest BCUT2D eigenvalue weighted by Gasteiger charge is 2.09. The van der Waals surface area contributed by atoms with Crippen molar-refractivity contribution in [2.75, 3.05) is 0 Å². The molecule has 0 saturated heterocycles. The number of pyridine rings is 1. The van der Waals surface area contributed by atoms with Crippen LogP contribution in [0.1, 0.15) is 15.9 Å². The zero-order chi connectivity index (χ0) is 14.7. The van der Waals surface area contributed by atoms with Crippen LogP contribution in [-0.4, -0.2) is 36.3 Å². The summed E-state index contributed by atoms with van der Waals surface area (Å²) in [6.45, 7) is 0.463. The molecule has 0 atom stereocenters. The van der Waals surface area contributed by atoms with Crippen molar-refractivity contribution in [1.29, 1.82) is 0 Å². The number of benzene rings is 1. The number of aromatic carboxylic acids is 1. The molecule has 0 saturated carbocycles. The lowest BCUT2D eigenvalue weighted by molar-refractivity contribution is 0.0697. The number of hydrogen-bond acceptors (Lipinski definition) is 5. The molecule has 2 aromatic heterocycles. The maximum atomic E-state index is 10.8. The molecule has 21 heavy (non-hydrogen) atoms. The Hall–Kier alpha value is -3.09. The highest BCUT2D eigenvalue weighted by molar-refractivity contribution is 5.87. The molecule has 1 N–H and O–H groups in total. The van der Waals surface area contributed by atoms with Gasteiger partial charge in [-0.3, -0.25) is 4.98 Å². The fourth-order valence-corrected chi connectivity index (χ4v) is 1.94. The molecule has 0 aliphatic heterocycles.